The summed E-state index contributed by atoms with van der Waals surface area (Å²) in [7, 11) is 0. The minimum atomic E-state index is -0.647. The fourth-order valence-corrected chi connectivity index (χ4v) is 1.85. The molecule has 0 aliphatic carbocycles. The number of alkyl halides is 1. The van der Waals surface area contributed by atoms with E-state index < -0.39 is 11.6 Å². The molecule has 0 amide bonds. The van der Waals surface area contributed by atoms with Crippen molar-refractivity contribution in [3.8, 4) is 6.07 Å². The topological polar surface area (TPSA) is 40.9 Å². The van der Waals surface area contributed by atoms with Crippen LogP contribution in [-0.4, -0.2) is 11.1 Å². The zero-order valence-corrected chi connectivity index (χ0v) is 10.6. The minimum Gasteiger partial charge on any atom is -0.293 e. The van der Waals surface area contributed by atoms with Crippen molar-refractivity contribution < 1.29 is 9.18 Å². The second kappa shape index (κ2) is 4.84. The Kier molecular flexibility index (Phi) is 4.01. The SMILES string of the molecule is N#Cc1c(I)ccc(F)c1C(=O)CBr. The number of carbonyl (C=O) groups is 1. The zero-order valence-electron chi connectivity index (χ0n) is 6.85. The van der Waals surface area contributed by atoms with Crippen LogP contribution in [0.1, 0.15) is 15.9 Å². The summed E-state index contributed by atoms with van der Waals surface area (Å²) >= 11 is 4.84. The average molecular weight is 368 g/mol. The van der Waals surface area contributed by atoms with Crippen LogP contribution in [0.25, 0.3) is 0 Å². The van der Waals surface area contributed by atoms with E-state index in [1.807, 2.05) is 28.7 Å². The summed E-state index contributed by atoms with van der Waals surface area (Å²) in [5.41, 5.74) is -0.0219. The number of benzene rings is 1. The number of Topliss-reactive ketones (excluding diaryl/α,β-unsaturated/α-hetero) is 1. The zero-order chi connectivity index (χ0) is 10.7. The molecule has 1 aromatic rings. The van der Waals surface area contributed by atoms with E-state index >= 15 is 0 Å². The summed E-state index contributed by atoms with van der Waals surface area (Å²) in [6, 6.07) is 4.50. The van der Waals surface area contributed by atoms with Crippen molar-refractivity contribution >= 4 is 44.3 Å². The monoisotopic (exact) mass is 367 g/mol. The van der Waals surface area contributed by atoms with Crippen molar-refractivity contribution in [1.82, 2.24) is 0 Å². The van der Waals surface area contributed by atoms with Gasteiger partial charge in [-0.2, -0.15) is 5.26 Å². The van der Waals surface area contributed by atoms with Crippen LogP contribution in [0.4, 0.5) is 4.39 Å². The normalized spacial score (nSPS) is 9.57. The Morgan fingerprint density at radius 2 is 2.29 bits per heavy atom. The fraction of sp³-hybridized carbons (Fsp3) is 0.111. The summed E-state index contributed by atoms with van der Waals surface area (Å²) in [6.45, 7) is 0. The molecule has 0 N–H and O–H groups in total. The number of nitriles is 1. The third-order valence-electron chi connectivity index (χ3n) is 1.62. The van der Waals surface area contributed by atoms with Crippen LogP contribution in [0.15, 0.2) is 12.1 Å². The number of nitrogens with zero attached hydrogens (tertiary/aromatic N) is 1. The second-order valence-electron chi connectivity index (χ2n) is 2.45. The molecule has 0 aliphatic rings. The Morgan fingerprint density at radius 3 is 2.79 bits per heavy atom. The van der Waals surface area contributed by atoms with Gasteiger partial charge >= 0.3 is 0 Å². The maximum absolute atomic E-state index is 13.3. The fourth-order valence-electron chi connectivity index (χ4n) is 1.00. The molecular formula is C9H4BrFINO. The molecular weight excluding hydrogens is 364 g/mol. The highest BCUT2D eigenvalue weighted by molar-refractivity contribution is 14.1. The molecule has 1 rings (SSSR count). The van der Waals surface area contributed by atoms with Gasteiger partial charge in [-0.3, -0.25) is 4.79 Å². The maximum atomic E-state index is 13.3. The Morgan fingerprint density at radius 1 is 1.64 bits per heavy atom. The summed E-state index contributed by atoms with van der Waals surface area (Å²) in [5, 5.41) is 8.79. The summed E-state index contributed by atoms with van der Waals surface area (Å²) in [5.74, 6) is -1.07. The largest absolute Gasteiger partial charge is 0.293 e. The van der Waals surface area contributed by atoms with E-state index in [0.29, 0.717) is 3.57 Å². The predicted octanol–water partition coefficient (Wildman–Crippen LogP) is 2.88. The third-order valence-corrected chi connectivity index (χ3v) is 3.02. The Hall–Kier alpha value is -0.480. The van der Waals surface area contributed by atoms with Gasteiger partial charge in [0.05, 0.1) is 16.5 Å². The van der Waals surface area contributed by atoms with E-state index in [1.54, 1.807) is 0 Å². The molecule has 0 aromatic heterocycles. The van der Waals surface area contributed by atoms with Crippen LogP contribution in [0.3, 0.4) is 0 Å². The Balaban J connectivity index is 3.47. The lowest BCUT2D eigenvalue weighted by molar-refractivity contribution is 0.101. The lowest BCUT2D eigenvalue weighted by atomic mass is 10.0. The summed E-state index contributed by atoms with van der Waals surface area (Å²) in [4.78, 5) is 11.3. The first-order valence-corrected chi connectivity index (χ1v) is 5.79. The number of hydrogen-bond acceptors (Lipinski definition) is 2. The quantitative estimate of drug-likeness (QED) is 0.458. The highest BCUT2D eigenvalue weighted by atomic mass is 127. The molecule has 0 aliphatic heterocycles. The van der Waals surface area contributed by atoms with Gasteiger partial charge in [-0.25, -0.2) is 4.39 Å². The highest BCUT2D eigenvalue weighted by Crippen LogP contribution is 2.20. The molecule has 0 radical (unpaired) electrons. The molecule has 2 nitrogen and oxygen atoms in total. The van der Waals surface area contributed by atoms with Crippen molar-refractivity contribution in [1.29, 1.82) is 5.26 Å². The molecule has 0 atom stereocenters. The van der Waals surface area contributed by atoms with Crippen molar-refractivity contribution in [2.24, 2.45) is 0 Å². The number of hydrogen-bond donors (Lipinski definition) is 0. The smallest absolute Gasteiger partial charge is 0.177 e. The Bertz CT molecular complexity index is 428. The third kappa shape index (κ3) is 2.12. The van der Waals surface area contributed by atoms with Crippen LogP contribution in [0, 0.1) is 20.7 Å². The number of ketones is 1. The summed E-state index contributed by atoms with van der Waals surface area (Å²) < 4.78 is 13.8. The van der Waals surface area contributed by atoms with Crippen LogP contribution in [0.5, 0.6) is 0 Å². The van der Waals surface area contributed by atoms with Crippen LogP contribution in [0.2, 0.25) is 0 Å². The van der Waals surface area contributed by atoms with Crippen molar-refractivity contribution in [3.63, 3.8) is 0 Å². The van der Waals surface area contributed by atoms with Crippen molar-refractivity contribution in [2.45, 2.75) is 0 Å². The minimum absolute atomic E-state index is 0.0126. The highest BCUT2D eigenvalue weighted by Gasteiger charge is 2.17. The van der Waals surface area contributed by atoms with Crippen LogP contribution in [-0.2, 0) is 0 Å². The van der Waals surface area contributed by atoms with Gasteiger partial charge in [0.1, 0.15) is 11.9 Å². The van der Waals surface area contributed by atoms with Crippen LogP contribution >= 0.6 is 38.5 Å². The standard InChI is InChI=1S/C9H4BrFINO/c10-3-8(14)9-5(4-13)7(12)2-1-6(9)11/h1-2H,3H2. The van der Waals surface area contributed by atoms with Gasteiger partial charge < -0.3 is 0 Å². The van der Waals surface area contributed by atoms with Gasteiger partial charge in [-0.05, 0) is 34.7 Å². The lowest BCUT2D eigenvalue weighted by Gasteiger charge is -2.03. The second-order valence-corrected chi connectivity index (χ2v) is 4.17. The van der Waals surface area contributed by atoms with Gasteiger partial charge in [-0.15, -0.1) is 0 Å². The van der Waals surface area contributed by atoms with Gasteiger partial charge in [0.25, 0.3) is 0 Å². The van der Waals surface area contributed by atoms with E-state index in [9.17, 15) is 9.18 Å². The molecule has 0 unspecified atom stereocenters. The van der Waals surface area contributed by atoms with E-state index in [4.69, 9.17) is 5.26 Å². The molecule has 0 bridgehead atoms. The molecule has 0 heterocycles. The van der Waals surface area contributed by atoms with Gasteiger partial charge in [0.2, 0.25) is 0 Å². The molecule has 5 heteroatoms. The van der Waals surface area contributed by atoms with E-state index in [2.05, 4.69) is 15.9 Å². The lowest BCUT2D eigenvalue weighted by Crippen LogP contribution is -2.07. The molecule has 0 saturated carbocycles. The molecule has 1 aromatic carbocycles. The average Bonchev–Trinajstić information content (AvgIpc) is 2.19. The van der Waals surface area contributed by atoms with E-state index in [1.165, 1.54) is 12.1 Å². The van der Waals surface area contributed by atoms with E-state index in [-0.39, 0.29) is 16.5 Å². The summed E-state index contributed by atoms with van der Waals surface area (Å²) in [6.07, 6.45) is 0. The number of halogens is 3. The first kappa shape index (κ1) is 11.6. The predicted molar refractivity (Wildman–Crippen MR) is 62.0 cm³/mol. The van der Waals surface area contributed by atoms with Gasteiger partial charge in [-0.1, -0.05) is 15.9 Å². The molecule has 0 spiro atoms. The Labute approximate surface area is 102 Å². The molecule has 72 valence electrons. The van der Waals surface area contributed by atoms with Crippen molar-refractivity contribution in [2.75, 3.05) is 5.33 Å². The van der Waals surface area contributed by atoms with Crippen LogP contribution < -0.4 is 0 Å². The number of rotatable bonds is 2. The van der Waals surface area contributed by atoms with Gasteiger partial charge in [0.15, 0.2) is 5.78 Å². The molecule has 0 fully saturated rings. The number of carbonyl (C=O) groups excluding carboxylic acids is 1. The van der Waals surface area contributed by atoms with Crippen molar-refractivity contribution in [3.05, 3.63) is 32.6 Å². The van der Waals surface area contributed by atoms with E-state index in [0.717, 1.165) is 0 Å². The first-order chi connectivity index (χ1) is 6.61. The van der Waals surface area contributed by atoms with Gasteiger partial charge in [0, 0.05) is 3.57 Å². The first-order valence-electron chi connectivity index (χ1n) is 3.59. The molecule has 14 heavy (non-hydrogen) atoms. The maximum Gasteiger partial charge on any atom is 0.177 e. The molecule has 0 saturated heterocycles.